The zero-order chi connectivity index (χ0) is 12.8. The number of carbonyl (C=O) groups is 2. The van der Waals surface area contributed by atoms with Crippen LogP contribution in [0.15, 0.2) is 24.3 Å². The van der Waals surface area contributed by atoms with E-state index in [0.29, 0.717) is 11.4 Å². The summed E-state index contributed by atoms with van der Waals surface area (Å²) in [7, 11) is 1.55. The van der Waals surface area contributed by atoms with Gasteiger partial charge in [-0.1, -0.05) is 0 Å². The average Bonchev–Trinajstić information content (AvgIpc) is 2.29. The Morgan fingerprint density at radius 2 is 1.88 bits per heavy atom. The molecular formula is C11H14N2O4. The van der Waals surface area contributed by atoms with Gasteiger partial charge in [0.05, 0.1) is 7.11 Å². The van der Waals surface area contributed by atoms with Crippen LogP contribution in [0, 0.1) is 0 Å². The number of carboxylic acids is 1. The van der Waals surface area contributed by atoms with Crippen molar-refractivity contribution in [1.82, 2.24) is 5.32 Å². The van der Waals surface area contributed by atoms with E-state index >= 15 is 0 Å². The number of hydrogen-bond donors (Lipinski definition) is 3. The van der Waals surface area contributed by atoms with Gasteiger partial charge in [-0.15, -0.1) is 0 Å². The topological polar surface area (TPSA) is 87.7 Å². The van der Waals surface area contributed by atoms with E-state index in [0.717, 1.165) is 0 Å². The van der Waals surface area contributed by atoms with Crippen molar-refractivity contribution < 1.29 is 19.4 Å². The van der Waals surface area contributed by atoms with Gasteiger partial charge in [-0.25, -0.2) is 4.79 Å². The lowest BCUT2D eigenvalue weighted by Crippen LogP contribution is -2.40. The van der Waals surface area contributed by atoms with E-state index in [-0.39, 0.29) is 0 Å². The molecule has 0 bridgehead atoms. The van der Waals surface area contributed by atoms with E-state index in [9.17, 15) is 9.59 Å². The number of ether oxygens (including phenoxy) is 1. The fourth-order valence-corrected chi connectivity index (χ4v) is 1.10. The van der Waals surface area contributed by atoms with Gasteiger partial charge in [-0.3, -0.25) is 4.79 Å². The van der Waals surface area contributed by atoms with Gasteiger partial charge in [0.15, 0.2) is 0 Å². The second-order valence-electron chi connectivity index (χ2n) is 3.39. The van der Waals surface area contributed by atoms with E-state index in [1.165, 1.54) is 6.92 Å². The number of urea groups is 1. The van der Waals surface area contributed by atoms with Crippen molar-refractivity contribution in [3.8, 4) is 5.75 Å². The number of nitrogens with one attached hydrogen (secondary N) is 2. The molecule has 0 fully saturated rings. The largest absolute Gasteiger partial charge is 0.497 e. The summed E-state index contributed by atoms with van der Waals surface area (Å²) in [5.41, 5.74) is 0.556. The van der Waals surface area contributed by atoms with Crippen LogP contribution in [0.25, 0.3) is 0 Å². The molecule has 0 saturated carbocycles. The first kappa shape index (κ1) is 12.8. The van der Waals surface area contributed by atoms with E-state index < -0.39 is 18.0 Å². The van der Waals surface area contributed by atoms with Crippen LogP contribution >= 0.6 is 0 Å². The zero-order valence-corrected chi connectivity index (χ0v) is 9.56. The Morgan fingerprint density at radius 3 is 2.35 bits per heavy atom. The van der Waals surface area contributed by atoms with Crippen LogP contribution in [-0.2, 0) is 4.79 Å². The van der Waals surface area contributed by atoms with E-state index in [4.69, 9.17) is 9.84 Å². The lowest BCUT2D eigenvalue weighted by atomic mass is 10.3. The summed E-state index contributed by atoms with van der Waals surface area (Å²) in [5, 5.41) is 13.4. The SMILES string of the molecule is COc1ccc(NC(=O)N[C@@H](C)C(=O)O)cc1. The highest BCUT2D eigenvalue weighted by Gasteiger charge is 2.13. The van der Waals surface area contributed by atoms with E-state index in [1.54, 1.807) is 31.4 Å². The van der Waals surface area contributed by atoms with Crippen LogP contribution in [-0.4, -0.2) is 30.3 Å². The minimum absolute atomic E-state index is 0.556. The first-order valence-electron chi connectivity index (χ1n) is 4.97. The van der Waals surface area contributed by atoms with Crippen LogP contribution in [0.5, 0.6) is 5.75 Å². The monoisotopic (exact) mass is 238 g/mol. The molecule has 0 saturated heterocycles. The first-order valence-corrected chi connectivity index (χ1v) is 4.97. The van der Waals surface area contributed by atoms with Crippen LogP contribution in [0.1, 0.15) is 6.92 Å². The van der Waals surface area contributed by atoms with Gasteiger partial charge < -0.3 is 20.5 Å². The van der Waals surface area contributed by atoms with Gasteiger partial charge in [-0.2, -0.15) is 0 Å². The lowest BCUT2D eigenvalue weighted by molar-refractivity contribution is -0.138. The Balaban J connectivity index is 2.53. The van der Waals surface area contributed by atoms with Gasteiger partial charge in [0.2, 0.25) is 0 Å². The first-order chi connectivity index (χ1) is 8.02. The highest BCUT2D eigenvalue weighted by molar-refractivity contribution is 5.92. The molecule has 2 amide bonds. The maximum absolute atomic E-state index is 11.4. The Hall–Kier alpha value is -2.24. The minimum atomic E-state index is -1.09. The molecule has 0 aliphatic heterocycles. The predicted molar refractivity (Wildman–Crippen MR) is 62.2 cm³/mol. The smallest absolute Gasteiger partial charge is 0.325 e. The highest BCUT2D eigenvalue weighted by atomic mass is 16.5. The van der Waals surface area contributed by atoms with Gasteiger partial charge >= 0.3 is 12.0 Å². The molecule has 0 aliphatic carbocycles. The average molecular weight is 238 g/mol. The maximum atomic E-state index is 11.4. The number of aliphatic carboxylic acids is 1. The van der Waals surface area contributed by atoms with Gasteiger partial charge in [0.1, 0.15) is 11.8 Å². The van der Waals surface area contributed by atoms with Crippen LogP contribution in [0.4, 0.5) is 10.5 Å². The van der Waals surface area contributed by atoms with Crippen molar-refractivity contribution in [2.24, 2.45) is 0 Å². The lowest BCUT2D eigenvalue weighted by Gasteiger charge is -2.10. The number of methoxy groups -OCH3 is 1. The van der Waals surface area contributed by atoms with Gasteiger partial charge in [0.25, 0.3) is 0 Å². The highest BCUT2D eigenvalue weighted by Crippen LogP contribution is 2.14. The third-order valence-electron chi connectivity index (χ3n) is 2.07. The summed E-state index contributed by atoms with van der Waals surface area (Å²) in [4.78, 5) is 21.9. The van der Waals surface area contributed by atoms with Crippen LogP contribution < -0.4 is 15.4 Å². The van der Waals surface area contributed by atoms with Crippen molar-refractivity contribution in [1.29, 1.82) is 0 Å². The quantitative estimate of drug-likeness (QED) is 0.737. The van der Waals surface area contributed by atoms with Gasteiger partial charge in [0, 0.05) is 5.69 Å². The zero-order valence-electron chi connectivity index (χ0n) is 9.56. The molecule has 1 aromatic carbocycles. The summed E-state index contributed by atoms with van der Waals surface area (Å²) in [6.45, 7) is 1.38. The molecule has 1 aromatic rings. The van der Waals surface area contributed by atoms with Crippen molar-refractivity contribution in [2.45, 2.75) is 13.0 Å². The van der Waals surface area contributed by atoms with Crippen LogP contribution in [0.3, 0.4) is 0 Å². The molecule has 0 spiro atoms. The van der Waals surface area contributed by atoms with Crippen molar-refractivity contribution >= 4 is 17.7 Å². The molecule has 0 aliphatic rings. The molecule has 0 heterocycles. The Bertz CT molecular complexity index is 402. The normalized spacial score (nSPS) is 11.4. The molecular weight excluding hydrogens is 224 g/mol. The Morgan fingerprint density at radius 1 is 1.29 bits per heavy atom. The summed E-state index contributed by atoms with van der Waals surface area (Å²) in [6.07, 6.45) is 0. The molecule has 0 aromatic heterocycles. The fraction of sp³-hybridized carbons (Fsp3) is 0.273. The molecule has 92 valence electrons. The number of rotatable bonds is 4. The maximum Gasteiger partial charge on any atom is 0.325 e. The van der Waals surface area contributed by atoms with Crippen molar-refractivity contribution in [2.75, 3.05) is 12.4 Å². The van der Waals surface area contributed by atoms with Gasteiger partial charge in [-0.05, 0) is 31.2 Å². The van der Waals surface area contributed by atoms with Crippen LogP contribution in [0.2, 0.25) is 0 Å². The summed E-state index contributed by atoms with van der Waals surface area (Å²) in [5.74, 6) is -0.412. The minimum Gasteiger partial charge on any atom is -0.497 e. The number of amides is 2. The van der Waals surface area contributed by atoms with E-state index in [1.807, 2.05) is 0 Å². The van der Waals surface area contributed by atoms with E-state index in [2.05, 4.69) is 10.6 Å². The molecule has 3 N–H and O–H groups in total. The fourth-order valence-electron chi connectivity index (χ4n) is 1.10. The number of benzene rings is 1. The molecule has 6 nitrogen and oxygen atoms in total. The molecule has 6 heteroatoms. The number of hydrogen-bond acceptors (Lipinski definition) is 3. The third kappa shape index (κ3) is 4.02. The third-order valence-corrected chi connectivity index (χ3v) is 2.07. The second kappa shape index (κ2) is 5.74. The standard InChI is InChI=1S/C11H14N2O4/c1-7(10(14)15)12-11(16)13-8-3-5-9(17-2)6-4-8/h3-7H,1-2H3,(H,14,15)(H2,12,13,16)/t7-/m0/s1. The van der Waals surface area contributed by atoms with Crippen molar-refractivity contribution in [3.05, 3.63) is 24.3 Å². The summed E-state index contributed by atoms with van der Waals surface area (Å²) >= 11 is 0. The number of anilines is 1. The molecule has 17 heavy (non-hydrogen) atoms. The number of carboxylic acid groups (broad SMARTS) is 1. The second-order valence-corrected chi connectivity index (χ2v) is 3.39. The predicted octanol–water partition coefficient (Wildman–Crippen LogP) is 1.29. The van der Waals surface area contributed by atoms with Crippen molar-refractivity contribution in [3.63, 3.8) is 0 Å². The molecule has 1 rings (SSSR count). The molecule has 0 unspecified atom stereocenters. The summed E-state index contributed by atoms with van der Waals surface area (Å²) in [6, 6.07) is 5.19. The Kier molecular flexibility index (Phi) is 4.33. The molecule has 0 radical (unpaired) electrons. The number of carbonyl (C=O) groups excluding carboxylic acids is 1. The summed E-state index contributed by atoms with van der Waals surface area (Å²) < 4.78 is 4.96. The molecule has 1 atom stereocenters. The Labute approximate surface area is 98.6 Å².